The molecule has 0 atom stereocenters. The zero-order chi connectivity index (χ0) is 25.3. The predicted molar refractivity (Wildman–Crippen MR) is 122 cm³/mol. The number of aromatic nitrogens is 3. The lowest BCUT2D eigenvalue weighted by atomic mass is 10.2. The number of carbonyl (C=O) groups is 1. The molecule has 178 valence electrons. The molecule has 0 N–H and O–H groups in total. The minimum absolute atomic E-state index is 0.00273. The average molecular weight is 532 g/mol. The van der Waals surface area contributed by atoms with Gasteiger partial charge in [0.05, 0.1) is 22.1 Å². The number of nitro benzene ring substituents is 1. The van der Waals surface area contributed by atoms with Crippen LogP contribution in [0.2, 0.25) is 15.1 Å². The smallest absolute Gasteiger partial charge is 0.341 e. The summed E-state index contributed by atoms with van der Waals surface area (Å²) < 4.78 is 11.4. The first-order valence-corrected chi connectivity index (χ1v) is 10.2. The van der Waals surface area contributed by atoms with E-state index in [1.54, 1.807) is 0 Å². The number of esters is 1. The van der Waals surface area contributed by atoms with Crippen LogP contribution < -0.4 is 21.8 Å². The molecule has 12 nitrogen and oxygen atoms in total. The van der Waals surface area contributed by atoms with Gasteiger partial charge in [-0.2, -0.15) is 0 Å². The van der Waals surface area contributed by atoms with E-state index in [1.165, 1.54) is 18.2 Å². The van der Waals surface area contributed by atoms with Crippen LogP contribution >= 0.6 is 34.8 Å². The average Bonchev–Trinajstić information content (AvgIpc) is 2.80. The molecule has 3 aromatic rings. The van der Waals surface area contributed by atoms with Crippen molar-refractivity contribution >= 4 is 46.5 Å². The molecule has 1 aromatic heterocycles. The standard InChI is InChI=1S/C19H13Cl3N4O8/c1-23-17(28)24(8-14(27)33-2)19(30)25(18(23)29)12-7-9(3-5-11(12)26(31)32)34-13-6-4-10(20)15(21)16(13)22/h3-7H,8H2,1-2H3. The molecule has 1 heterocycles. The van der Waals surface area contributed by atoms with Crippen molar-refractivity contribution in [2.75, 3.05) is 7.11 Å². The Balaban J connectivity index is 2.27. The lowest BCUT2D eigenvalue weighted by Crippen LogP contribution is -2.53. The minimum atomic E-state index is -1.30. The number of methoxy groups -OCH3 is 1. The molecule has 0 fully saturated rings. The molecule has 2 aromatic carbocycles. The summed E-state index contributed by atoms with van der Waals surface area (Å²) in [6.07, 6.45) is 0. The quantitative estimate of drug-likeness (QED) is 0.204. The van der Waals surface area contributed by atoms with Gasteiger partial charge in [0.1, 0.15) is 28.8 Å². The molecule has 0 aliphatic carbocycles. The predicted octanol–water partition coefficient (Wildman–Crippen LogP) is 2.53. The van der Waals surface area contributed by atoms with Crippen LogP contribution in [0.3, 0.4) is 0 Å². The zero-order valence-electron chi connectivity index (χ0n) is 17.3. The van der Waals surface area contributed by atoms with Crippen LogP contribution in [0.5, 0.6) is 11.5 Å². The van der Waals surface area contributed by atoms with Gasteiger partial charge < -0.3 is 9.47 Å². The van der Waals surface area contributed by atoms with Crippen LogP contribution in [0.1, 0.15) is 0 Å². The van der Waals surface area contributed by atoms with Crippen molar-refractivity contribution in [2.24, 2.45) is 7.05 Å². The van der Waals surface area contributed by atoms with E-state index >= 15 is 0 Å². The number of ether oxygens (including phenoxy) is 2. The van der Waals surface area contributed by atoms with Crippen molar-refractivity contribution in [1.29, 1.82) is 0 Å². The number of rotatable bonds is 6. The third-order valence-corrected chi connectivity index (χ3v) is 5.82. The molecular formula is C19H13Cl3N4O8. The largest absolute Gasteiger partial charge is 0.468 e. The van der Waals surface area contributed by atoms with E-state index in [-0.39, 0.29) is 26.6 Å². The summed E-state index contributed by atoms with van der Waals surface area (Å²) in [6.45, 7) is -0.828. The molecule has 0 saturated heterocycles. The van der Waals surface area contributed by atoms with Gasteiger partial charge in [0.15, 0.2) is 0 Å². The second kappa shape index (κ2) is 9.71. The van der Waals surface area contributed by atoms with Gasteiger partial charge in [0, 0.05) is 19.2 Å². The summed E-state index contributed by atoms with van der Waals surface area (Å²) in [5.74, 6) is -0.988. The topological polar surface area (TPSA) is 145 Å². The summed E-state index contributed by atoms with van der Waals surface area (Å²) in [5.41, 5.74) is -4.79. The molecule has 0 amide bonds. The van der Waals surface area contributed by atoms with E-state index in [4.69, 9.17) is 39.5 Å². The van der Waals surface area contributed by atoms with Gasteiger partial charge in [-0.3, -0.25) is 14.9 Å². The van der Waals surface area contributed by atoms with Gasteiger partial charge >= 0.3 is 23.0 Å². The van der Waals surface area contributed by atoms with Crippen molar-refractivity contribution in [1.82, 2.24) is 13.7 Å². The van der Waals surface area contributed by atoms with Gasteiger partial charge in [-0.05, 0) is 18.2 Å². The molecule has 0 saturated carbocycles. The van der Waals surface area contributed by atoms with Crippen LogP contribution in [-0.2, 0) is 23.1 Å². The summed E-state index contributed by atoms with van der Waals surface area (Å²) in [6, 6.07) is 5.99. The Morgan fingerprint density at radius 1 is 1.03 bits per heavy atom. The normalized spacial score (nSPS) is 10.7. The Hall–Kier alpha value is -3.61. The Bertz CT molecular complexity index is 1510. The number of nitrogens with zero attached hydrogens (tertiary/aromatic N) is 4. The van der Waals surface area contributed by atoms with Gasteiger partial charge in [-0.25, -0.2) is 28.1 Å². The first-order valence-electron chi connectivity index (χ1n) is 9.07. The van der Waals surface area contributed by atoms with Crippen molar-refractivity contribution < 1.29 is 19.2 Å². The Labute approximate surface area is 204 Å². The van der Waals surface area contributed by atoms with Crippen molar-refractivity contribution in [2.45, 2.75) is 6.54 Å². The number of nitro groups is 1. The van der Waals surface area contributed by atoms with Crippen LogP contribution in [0.4, 0.5) is 5.69 Å². The maximum atomic E-state index is 13.0. The molecule has 0 bridgehead atoms. The van der Waals surface area contributed by atoms with Crippen LogP contribution in [0, 0.1) is 10.1 Å². The maximum Gasteiger partial charge on any atom is 0.341 e. The highest BCUT2D eigenvalue weighted by atomic mass is 35.5. The highest BCUT2D eigenvalue weighted by Crippen LogP contribution is 2.39. The lowest BCUT2D eigenvalue weighted by molar-refractivity contribution is -0.384. The lowest BCUT2D eigenvalue weighted by Gasteiger charge is -2.13. The molecule has 0 aliphatic heterocycles. The fourth-order valence-electron chi connectivity index (χ4n) is 2.85. The van der Waals surface area contributed by atoms with Crippen LogP contribution in [0.25, 0.3) is 5.69 Å². The monoisotopic (exact) mass is 530 g/mol. The number of hydrogen-bond donors (Lipinski definition) is 0. The maximum absolute atomic E-state index is 13.0. The van der Waals surface area contributed by atoms with E-state index in [2.05, 4.69) is 4.74 Å². The van der Waals surface area contributed by atoms with Crippen LogP contribution in [-0.4, -0.2) is 31.7 Å². The van der Waals surface area contributed by atoms with E-state index in [1.807, 2.05) is 0 Å². The SMILES string of the molecule is COC(=O)Cn1c(=O)n(C)c(=O)n(-c2cc(Oc3ccc(Cl)c(Cl)c3Cl)ccc2[N+](=O)[O-])c1=O. The zero-order valence-corrected chi connectivity index (χ0v) is 19.6. The molecule has 0 spiro atoms. The van der Waals surface area contributed by atoms with E-state index in [9.17, 15) is 29.3 Å². The van der Waals surface area contributed by atoms with Crippen LogP contribution in [0.15, 0.2) is 44.7 Å². The second-order valence-electron chi connectivity index (χ2n) is 6.59. The van der Waals surface area contributed by atoms with Gasteiger partial charge in [-0.15, -0.1) is 0 Å². The Morgan fingerprint density at radius 3 is 2.32 bits per heavy atom. The van der Waals surface area contributed by atoms with Crippen molar-refractivity contribution in [3.63, 3.8) is 0 Å². The third-order valence-electron chi connectivity index (χ3n) is 4.55. The van der Waals surface area contributed by atoms with E-state index in [0.29, 0.717) is 13.7 Å². The first-order chi connectivity index (χ1) is 16.0. The fraction of sp³-hybridized carbons (Fsp3) is 0.158. The Morgan fingerprint density at radius 2 is 1.71 bits per heavy atom. The number of halogens is 3. The molecular weight excluding hydrogens is 519 g/mol. The summed E-state index contributed by atoms with van der Waals surface area (Å²) in [4.78, 5) is 60.6. The molecule has 34 heavy (non-hydrogen) atoms. The molecule has 0 aliphatic rings. The Kier molecular flexibility index (Phi) is 7.15. The molecule has 15 heteroatoms. The number of hydrogen-bond acceptors (Lipinski definition) is 8. The highest BCUT2D eigenvalue weighted by molar-refractivity contribution is 6.48. The summed E-state index contributed by atoms with van der Waals surface area (Å²) >= 11 is 18.0. The minimum Gasteiger partial charge on any atom is -0.468 e. The molecule has 0 radical (unpaired) electrons. The first kappa shape index (κ1) is 25.0. The van der Waals surface area contributed by atoms with Gasteiger partial charge in [0.2, 0.25) is 0 Å². The fourth-order valence-corrected chi connectivity index (χ4v) is 3.41. The summed E-state index contributed by atoms with van der Waals surface area (Å²) in [7, 11) is 2.07. The van der Waals surface area contributed by atoms with Crippen molar-refractivity contribution in [3.8, 4) is 17.2 Å². The summed E-state index contributed by atoms with van der Waals surface area (Å²) in [5, 5.41) is 11.7. The highest BCUT2D eigenvalue weighted by Gasteiger charge is 2.24. The number of benzene rings is 2. The van der Waals surface area contributed by atoms with Gasteiger partial charge in [0.25, 0.3) is 5.69 Å². The molecule has 3 rings (SSSR count). The van der Waals surface area contributed by atoms with E-state index in [0.717, 1.165) is 26.3 Å². The van der Waals surface area contributed by atoms with E-state index < -0.39 is 45.9 Å². The van der Waals surface area contributed by atoms with Gasteiger partial charge in [-0.1, -0.05) is 34.8 Å². The molecule has 0 unspecified atom stereocenters. The number of carbonyl (C=O) groups excluding carboxylic acids is 1. The second-order valence-corrected chi connectivity index (χ2v) is 7.75. The van der Waals surface area contributed by atoms with Crippen molar-refractivity contribution in [3.05, 3.63) is 87.0 Å². The third kappa shape index (κ3) is 4.55.